The van der Waals surface area contributed by atoms with E-state index in [-0.39, 0.29) is 29.5 Å². The lowest BCUT2D eigenvalue weighted by Gasteiger charge is -2.37. The lowest BCUT2D eigenvalue weighted by Crippen LogP contribution is -2.44. The lowest BCUT2D eigenvalue weighted by molar-refractivity contribution is -0.128. The Kier molecular flexibility index (Phi) is 6.24. The Morgan fingerprint density at radius 2 is 1.91 bits per heavy atom. The summed E-state index contributed by atoms with van der Waals surface area (Å²) in [5, 5.41) is 2.50. The molecule has 0 aromatic heterocycles. The average Bonchev–Trinajstić information content (AvgIpc) is 3.09. The van der Waals surface area contributed by atoms with Crippen LogP contribution in [-0.4, -0.2) is 48.2 Å². The number of hydrogen-bond donors (Lipinski definition) is 1. The van der Waals surface area contributed by atoms with Gasteiger partial charge in [-0.1, -0.05) is 27.7 Å². The van der Waals surface area contributed by atoms with Gasteiger partial charge in [0.05, 0.1) is 17.8 Å². The van der Waals surface area contributed by atoms with Crippen molar-refractivity contribution in [3.05, 3.63) is 11.9 Å². The highest BCUT2D eigenvalue weighted by Crippen LogP contribution is 2.70. The van der Waals surface area contributed by atoms with Gasteiger partial charge >= 0.3 is 6.09 Å². The van der Waals surface area contributed by atoms with Crippen molar-refractivity contribution in [3.63, 3.8) is 0 Å². The third-order valence-corrected chi connectivity index (χ3v) is 9.70. The Morgan fingerprint density at radius 1 is 1.28 bits per heavy atom. The smallest absolute Gasteiger partial charge is 0.408 e. The zero-order chi connectivity index (χ0) is 24.3. The van der Waals surface area contributed by atoms with Crippen LogP contribution in [0.4, 0.5) is 9.18 Å². The average molecular weight is 473 g/mol. The Hall–Kier alpha value is -1.64. The summed E-state index contributed by atoms with van der Waals surface area (Å²) in [6.45, 7) is 12.8. The zero-order valence-electron chi connectivity index (χ0n) is 20.2. The van der Waals surface area contributed by atoms with Crippen LogP contribution >= 0.6 is 0 Å². The fourth-order valence-electron chi connectivity index (χ4n) is 6.01. The van der Waals surface area contributed by atoms with Gasteiger partial charge < -0.3 is 10.1 Å². The topological polar surface area (TPSA) is 92.8 Å². The standard InChI is InChI=1S/C23H37FN2O5S/c1-14(2)19(25-20(28)31-21(3,4)5)16(24)8-9-18(27)26-17-12-15-10-11-23(17,22(15,6)7)13-32(26,29)30/h8,14-15,17,19H,9-13H2,1-7H3,(H,25,28)/b16-8-/t15?,17?,19-,23?/m1/s1. The fraction of sp³-hybridized carbons (Fsp3) is 0.826. The molecule has 4 atom stereocenters. The number of sulfonamides is 1. The Balaban J connectivity index is 1.74. The van der Waals surface area contributed by atoms with Gasteiger partial charge in [0.1, 0.15) is 11.4 Å². The van der Waals surface area contributed by atoms with E-state index in [1.807, 2.05) is 0 Å². The van der Waals surface area contributed by atoms with E-state index in [1.54, 1.807) is 34.6 Å². The zero-order valence-corrected chi connectivity index (χ0v) is 21.0. The molecule has 182 valence electrons. The molecule has 0 aromatic rings. The van der Waals surface area contributed by atoms with Crippen molar-refractivity contribution >= 4 is 22.0 Å². The molecule has 0 radical (unpaired) electrons. The number of carbonyl (C=O) groups excluding carboxylic acids is 2. The number of hydrogen-bond acceptors (Lipinski definition) is 5. The fourth-order valence-corrected chi connectivity index (χ4v) is 8.57. The Morgan fingerprint density at radius 3 is 2.44 bits per heavy atom. The first-order valence-corrected chi connectivity index (χ1v) is 13.0. The molecule has 32 heavy (non-hydrogen) atoms. The van der Waals surface area contributed by atoms with Crippen LogP contribution in [0.15, 0.2) is 11.9 Å². The normalized spacial score (nSPS) is 31.5. The molecular formula is C23H37FN2O5S. The molecular weight excluding hydrogens is 435 g/mol. The third-order valence-electron chi connectivity index (χ3n) is 7.76. The first-order chi connectivity index (χ1) is 14.5. The number of rotatable bonds is 5. The van der Waals surface area contributed by atoms with Crippen molar-refractivity contribution in [1.82, 2.24) is 9.62 Å². The summed E-state index contributed by atoms with van der Waals surface area (Å²) in [6.07, 6.45) is 2.43. The highest BCUT2D eigenvalue weighted by Gasteiger charge is 2.72. The van der Waals surface area contributed by atoms with E-state index < -0.39 is 44.9 Å². The molecule has 1 aliphatic heterocycles. The Bertz CT molecular complexity index is 921. The van der Waals surface area contributed by atoms with Crippen LogP contribution < -0.4 is 5.32 Å². The van der Waals surface area contributed by atoms with Crippen LogP contribution in [0.3, 0.4) is 0 Å². The van der Waals surface area contributed by atoms with E-state index in [9.17, 15) is 22.4 Å². The van der Waals surface area contributed by atoms with Crippen molar-refractivity contribution < 1.29 is 27.1 Å². The number of nitrogens with one attached hydrogen (secondary N) is 1. The predicted octanol–water partition coefficient (Wildman–Crippen LogP) is 4.15. The van der Waals surface area contributed by atoms with Crippen LogP contribution in [0.1, 0.15) is 74.1 Å². The highest BCUT2D eigenvalue weighted by molar-refractivity contribution is 7.90. The Labute approximate surface area is 191 Å². The molecule has 3 unspecified atom stereocenters. The summed E-state index contributed by atoms with van der Waals surface area (Å²) in [6, 6.07) is -1.31. The van der Waals surface area contributed by atoms with E-state index >= 15 is 0 Å². The van der Waals surface area contributed by atoms with Crippen LogP contribution in [0.2, 0.25) is 0 Å². The minimum Gasteiger partial charge on any atom is -0.444 e. The largest absolute Gasteiger partial charge is 0.444 e. The summed E-state index contributed by atoms with van der Waals surface area (Å²) >= 11 is 0. The molecule has 1 heterocycles. The van der Waals surface area contributed by atoms with Crippen LogP contribution in [0.5, 0.6) is 0 Å². The second kappa shape index (κ2) is 7.99. The monoisotopic (exact) mass is 472 g/mol. The van der Waals surface area contributed by atoms with Crippen molar-refractivity contribution in [2.24, 2.45) is 22.7 Å². The van der Waals surface area contributed by atoms with Gasteiger partial charge in [-0.3, -0.25) is 4.79 Å². The number of carbonyl (C=O) groups is 2. The number of amides is 2. The van der Waals surface area contributed by atoms with Gasteiger partial charge in [-0.05, 0) is 63.4 Å². The molecule has 1 N–H and O–H groups in total. The van der Waals surface area contributed by atoms with E-state index in [0.717, 1.165) is 23.2 Å². The lowest BCUT2D eigenvalue weighted by atomic mass is 9.69. The minimum absolute atomic E-state index is 0.0130. The molecule has 7 nitrogen and oxygen atoms in total. The molecule has 3 rings (SSSR count). The summed E-state index contributed by atoms with van der Waals surface area (Å²) < 4.78 is 47.1. The molecule has 3 fully saturated rings. The van der Waals surface area contributed by atoms with Crippen molar-refractivity contribution in [1.29, 1.82) is 0 Å². The molecule has 2 saturated carbocycles. The van der Waals surface area contributed by atoms with Crippen molar-refractivity contribution in [2.75, 3.05) is 5.75 Å². The van der Waals surface area contributed by atoms with Crippen LogP contribution in [0, 0.1) is 22.7 Å². The van der Waals surface area contributed by atoms with E-state index in [2.05, 4.69) is 19.2 Å². The van der Waals surface area contributed by atoms with Gasteiger partial charge in [0, 0.05) is 11.8 Å². The van der Waals surface area contributed by atoms with Gasteiger partial charge in [0.25, 0.3) is 0 Å². The quantitative estimate of drug-likeness (QED) is 0.649. The second-order valence-corrected chi connectivity index (χ2v) is 13.3. The van der Waals surface area contributed by atoms with E-state index in [1.165, 1.54) is 0 Å². The maximum absolute atomic E-state index is 15.0. The molecule has 2 amide bonds. The number of ether oxygens (including phenoxy) is 1. The highest BCUT2D eigenvalue weighted by atomic mass is 32.2. The van der Waals surface area contributed by atoms with E-state index in [0.29, 0.717) is 12.3 Å². The molecule has 3 aliphatic rings. The summed E-state index contributed by atoms with van der Waals surface area (Å²) in [5.74, 6) is -1.20. The van der Waals surface area contributed by atoms with Gasteiger partial charge in [-0.25, -0.2) is 21.9 Å². The molecule has 1 spiro atoms. The molecule has 0 aromatic carbocycles. The van der Waals surface area contributed by atoms with Gasteiger partial charge in [0.2, 0.25) is 15.9 Å². The third kappa shape index (κ3) is 4.17. The van der Waals surface area contributed by atoms with Gasteiger partial charge in [-0.15, -0.1) is 0 Å². The number of nitrogens with zero attached hydrogens (tertiary/aromatic N) is 1. The van der Waals surface area contributed by atoms with Crippen molar-refractivity contribution in [3.8, 4) is 0 Å². The van der Waals surface area contributed by atoms with E-state index in [4.69, 9.17) is 4.74 Å². The maximum Gasteiger partial charge on any atom is 0.408 e. The van der Waals surface area contributed by atoms with Crippen LogP contribution in [0.25, 0.3) is 0 Å². The second-order valence-electron chi connectivity index (χ2n) is 11.5. The van der Waals surface area contributed by atoms with Crippen LogP contribution in [-0.2, 0) is 19.6 Å². The number of alkyl carbamates (subject to hydrolysis) is 1. The first kappa shape index (κ1) is 25.0. The summed E-state index contributed by atoms with van der Waals surface area (Å²) in [4.78, 5) is 25.1. The predicted molar refractivity (Wildman–Crippen MR) is 120 cm³/mol. The number of halogens is 1. The molecule has 2 aliphatic carbocycles. The number of fused-ring (bicyclic) bond motifs is 1. The maximum atomic E-state index is 15.0. The van der Waals surface area contributed by atoms with Gasteiger partial charge in [0.15, 0.2) is 0 Å². The SMILES string of the molecule is CC(C)[C@@H](NC(=O)OC(C)(C)C)/C(F)=C/CC(=O)N1C2CC3CCC2(CS1(=O)=O)C3(C)C. The first-order valence-electron chi connectivity index (χ1n) is 11.4. The summed E-state index contributed by atoms with van der Waals surface area (Å²) in [7, 11) is -3.74. The van der Waals surface area contributed by atoms with Gasteiger partial charge in [-0.2, -0.15) is 0 Å². The summed E-state index contributed by atoms with van der Waals surface area (Å²) in [5.41, 5.74) is -1.27. The van der Waals surface area contributed by atoms with Crippen molar-refractivity contribution in [2.45, 2.75) is 91.8 Å². The molecule has 1 saturated heterocycles. The molecule has 2 bridgehead atoms. The minimum atomic E-state index is -3.74. The molecule has 9 heteroatoms.